The molecule has 0 bridgehead atoms. The number of benzene rings is 2. The molecular formula is C23H24F2N2O2. The molecule has 2 aliphatic rings. The first-order chi connectivity index (χ1) is 13.9. The molecule has 0 aromatic heterocycles. The van der Waals surface area contributed by atoms with Gasteiger partial charge >= 0.3 is 0 Å². The maximum atomic E-state index is 14.1. The van der Waals surface area contributed by atoms with E-state index in [1.165, 1.54) is 12.1 Å². The zero-order valence-electron chi connectivity index (χ0n) is 16.6. The van der Waals surface area contributed by atoms with Gasteiger partial charge in [0.25, 0.3) is 0 Å². The molecule has 2 aliphatic heterocycles. The Kier molecular flexibility index (Phi) is 5.11. The Morgan fingerprint density at radius 3 is 2.52 bits per heavy atom. The molecule has 0 aliphatic carbocycles. The molecule has 2 saturated heterocycles. The van der Waals surface area contributed by atoms with Crippen molar-refractivity contribution in [3.8, 4) is 0 Å². The predicted octanol–water partition coefficient (Wildman–Crippen LogP) is 3.49. The van der Waals surface area contributed by atoms with Crippen LogP contribution in [0, 0.1) is 30.4 Å². The Labute approximate surface area is 169 Å². The lowest BCUT2D eigenvalue weighted by Gasteiger charge is -2.31. The van der Waals surface area contributed by atoms with Crippen LogP contribution in [0.5, 0.6) is 0 Å². The fourth-order valence-corrected chi connectivity index (χ4v) is 4.83. The van der Waals surface area contributed by atoms with Crippen molar-refractivity contribution in [1.29, 1.82) is 0 Å². The highest BCUT2D eigenvalue weighted by molar-refractivity contribution is 5.80. The topological polar surface area (TPSA) is 40.6 Å². The van der Waals surface area contributed by atoms with E-state index in [0.717, 1.165) is 17.2 Å². The van der Waals surface area contributed by atoms with E-state index in [4.69, 9.17) is 0 Å². The van der Waals surface area contributed by atoms with E-state index >= 15 is 0 Å². The van der Waals surface area contributed by atoms with Crippen molar-refractivity contribution >= 4 is 11.8 Å². The summed E-state index contributed by atoms with van der Waals surface area (Å²) < 4.78 is 27.7. The normalized spacial score (nSPS) is 23.4. The number of amides is 2. The van der Waals surface area contributed by atoms with Crippen molar-refractivity contribution in [2.45, 2.75) is 26.3 Å². The number of carbonyl (C=O) groups excluding carboxylic acids is 2. The van der Waals surface area contributed by atoms with Gasteiger partial charge < -0.3 is 9.80 Å². The maximum absolute atomic E-state index is 14.1. The Bertz CT molecular complexity index is 962. The maximum Gasteiger partial charge on any atom is 0.227 e. The van der Waals surface area contributed by atoms with E-state index in [1.54, 1.807) is 11.8 Å². The van der Waals surface area contributed by atoms with Crippen LogP contribution >= 0.6 is 0 Å². The van der Waals surface area contributed by atoms with Gasteiger partial charge in [-0.3, -0.25) is 9.59 Å². The molecule has 2 aromatic carbocycles. The molecule has 0 saturated carbocycles. The molecule has 6 heteroatoms. The van der Waals surface area contributed by atoms with Crippen LogP contribution in [0.25, 0.3) is 0 Å². The van der Waals surface area contributed by atoms with E-state index in [9.17, 15) is 18.4 Å². The quantitative estimate of drug-likeness (QED) is 0.794. The van der Waals surface area contributed by atoms with Gasteiger partial charge in [0.05, 0.1) is 12.5 Å². The van der Waals surface area contributed by atoms with Crippen LogP contribution in [-0.2, 0) is 16.0 Å². The van der Waals surface area contributed by atoms with E-state index in [2.05, 4.69) is 0 Å². The molecule has 152 valence electrons. The van der Waals surface area contributed by atoms with Gasteiger partial charge in [0.2, 0.25) is 11.8 Å². The smallest absolute Gasteiger partial charge is 0.227 e. The number of rotatable bonds is 3. The number of aryl methyl sites for hydroxylation is 1. The van der Waals surface area contributed by atoms with Gasteiger partial charge in [0, 0.05) is 44.0 Å². The highest BCUT2D eigenvalue weighted by atomic mass is 19.2. The molecule has 4 rings (SSSR count). The van der Waals surface area contributed by atoms with Crippen LogP contribution in [0.1, 0.15) is 29.7 Å². The van der Waals surface area contributed by atoms with Crippen LogP contribution in [-0.4, -0.2) is 41.2 Å². The molecule has 0 unspecified atom stereocenters. The van der Waals surface area contributed by atoms with Crippen molar-refractivity contribution in [2.24, 2.45) is 11.8 Å². The summed E-state index contributed by atoms with van der Waals surface area (Å²) in [5.74, 6) is -1.75. The summed E-state index contributed by atoms with van der Waals surface area (Å²) in [7, 11) is 0. The first-order valence-electron chi connectivity index (χ1n) is 9.90. The molecule has 2 heterocycles. The first-order valence-corrected chi connectivity index (χ1v) is 9.90. The zero-order chi connectivity index (χ0) is 20.7. The van der Waals surface area contributed by atoms with Gasteiger partial charge in [-0.25, -0.2) is 8.78 Å². The minimum atomic E-state index is -0.963. The second-order valence-corrected chi connectivity index (χ2v) is 8.09. The second kappa shape index (κ2) is 7.58. The monoisotopic (exact) mass is 398 g/mol. The third kappa shape index (κ3) is 3.52. The summed E-state index contributed by atoms with van der Waals surface area (Å²) in [6.07, 6.45) is -0.179. The van der Waals surface area contributed by atoms with Crippen molar-refractivity contribution in [3.63, 3.8) is 0 Å². The number of likely N-dealkylation sites (tertiary alicyclic amines) is 2. The fourth-order valence-electron chi connectivity index (χ4n) is 4.83. The standard InChI is InChI=1S/C23H24F2N2O2/c1-14-6-3-4-8-18(14)23-19-13-26(15(2)28)11-17(19)12-27(23)21(29)10-16-7-5-9-20(24)22(16)25/h3-9,17,19,23H,10-13H2,1-2H3/t17-,19-,23+/m0/s1. The summed E-state index contributed by atoms with van der Waals surface area (Å²) in [6, 6.07) is 11.7. The van der Waals surface area contributed by atoms with E-state index in [-0.39, 0.29) is 41.7 Å². The molecule has 4 nitrogen and oxygen atoms in total. The largest absolute Gasteiger partial charge is 0.342 e. The lowest BCUT2D eigenvalue weighted by atomic mass is 9.87. The fraction of sp³-hybridized carbons (Fsp3) is 0.391. The molecular weight excluding hydrogens is 374 g/mol. The number of carbonyl (C=O) groups is 2. The molecule has 2 aromatic rings. The average molecular weight is 398 g/mol. The summed E-state index contributed by atoms with van der Waals surface area (Å²) >= 11 is 0. The summed E-state index contributed by atoms with van der Waals surface area (Å²) in [5, 5.41) is 0. The molecule has 0 spiro atoms. The minimum Gasteiger partial charge on any atom is -0.342 e. The summed E-state index contributed by atoms with van der Waals surface area (Å²) in [4.78, 5) is 28.7. The molecule has 0 N–H and O–H groups in total. The van der Waals surface area contributed by atoms with Crippen LogP contribution in [0.4, 0.5) is 8.78 Å². The second-order valence-electron chi connectivity index (χ2n) is 8.09. The molecule has 29 heavy (non-hydrogen) atoms. The Morgan fingerprint density at radius 1 is 1.03 bits per heavy atom. The van der Waals surface area contributed by atoms with Gasteiger partial charge in [-0.15, -0.1) is 0 Å². The number of hydrogen-bond donors (Lipinski definition) is 0. The highest BCUT2D eigenvalue weighted by Crippen LogP contribution is 2.46. The molecule has 2 fully saturated rings. The Balaban J connectivity index is 1.65. The van der Waals surface area contributed by atoms with Crippen LogP contribution in [0.3, 0.4) is 0 Å². The first kappa shape index (κ1) is 19.6. The van der Waals surface area contributed by atoms with Gasteiger partial charge in [0.15, 0.2) is 11.6 Å². The highest BCUT2D eigenvalue weighted by Gasteiger charge is 2.49. The van der Waals surface area contributed by atoms with Crippen molar-refractivity contribution in [1.82, 2.24) is 9.80 Å². The Morgan fingerprint density at radius 2 is 1.79 bits per heavy atom. The molecule has 3 atom stereocenters. The lowest BCUT2D eigenvalue weighted by molar-refractivity contribution is -0.132. The summed E-state index contributed by atoms with van der Waals surface area (Å²) in [6.45, 7) is 5.33. The third-order valence-electron chi connectivity index (χ3n) is 6.31. The van der Waals surface area contributed by atoms with E-state index < -0.39 is 11.6 Å². The zero-order valence-corrected chi connectivity index (χ0v) is 16.6. The number of nitrogens with zero attached hydrogens (tertiary/aromatic N) is 2. The molecule has 0 radical (unpaired) electrons. The summed E-state index contributed by atoms with van der Waals surface area (Å²) in [5.41, 5.74) is 2.20. The van der Waals surface area contributed by atoms with Crippen molar-refractivity contribution < 1.29 is 18.4 Å². The van der Waals surface area contributed by atoms with E-state index in [0.29, 0.717) is 19.6 Å². The molecule has 2 amide bonds. The van der Waals surface area contributed by atoms with Gasteiger partial charge in [-0.05, 0) is 24.1 Å². The number of halogens is 2. The average Bonchev–Trinajstić information content (AvgIpc) is 3.24. The van der Waals surface area contributed by atoms with Crippen LogP contribution in [0.15, 0.2) is 42.5 Å². The van der Waals surface area contributed by atoms with Gasteiger partial charge in [-0.2, -0.15) is 0 Å². The number of fused-ring (bicyclic) bond motifs is 1. The third-order valence-corrected chi connectivity index (χ3v) is 6.31. The van der Waals surface area contributed by atoms with Gasteiger partial charge in [-0.1, -0.05) is 36.4 Å². The number of hydrogen-bond acceptors (Lipinski definition) is 2. The predicted molar refractivity (Wildman–Crippen MR) is 105 cm³/mol. The van der Waals surface area contributed by atoms with E-state index in [1.807, 2.05) is 36.1 Å². The Hall–Kier alpha value is -2.76. The van der Waals surface area contributed by atoms with Gasteiger partial charge in [0.1, 0.15) is 0 Å². The SMILES string of the molecule is CC(=O)N1C[C@H]2CN(C(=O)Cc3cccc(F)c3F)[C@H](c3ccccc3C)[C@H]2C1. The van der Waals surface area contributed by atoms with Crippen molar-refractivity contribution in [3.05, 3.63) is 70.8 Å². The van der Waals surface area contributed by atoms with Crippen LogP contribution < -0.4 is 0 Å². The van der Waals surface area contributed by atoms with Crippen molar-refractivity contribution in [2.75, 3.05) is 19.6 Å². The van der Waals surface area contributed by atoms with Crippen LogP contribution in [0.2, 0.25) is 0 Å². The minimum absolute atomic E-state index is 0.0441. The lowest BCUT2D eigenvalue weighted by Crippen LogP contribution is -2.38.